The summed E-state index contributed by atoms with van der Waals surface area (Å²) < 4.78 is 23.0. The highest BCUT2D eigenvalue weighted by atomic mass is 32.2. The number of hydrogen-bond acceptors (Lipinski definition) is 5. The van der Waals surface area contributed by atoms with E-state index in [2.05, 4.69) is 0 Å². The first kappa shape index (κ1) is 15.7. The monoisotopic (exact) mass is 289 g/mol. The summed E-state index contributed by atoms with van der Waals surface area (Å²) in [7, 11) is -3.28. The maximum absolute atomic E-state index is 12.5. The molecule has 0 amide bonds. The van der Waals surface area contributed by atoms with Gasteiger partial charge in [0.15, 0.2) is 0 Å². The van der Waals surface area contributed by atoms with Crippen LogP contribution in [-0.4, -0.2) is 19.5 Å². The molecule has 0 saturated heterocycles. The molecule has 1 atom stereocenters. The fourth-order valence-electron chi connectivity index (χ4n) is 1.54. The van der Waals surface area contributed by atoms with Gasteiger partial charge in [0, 0.05) is 4.90 Å². The molecule has 1 aromatic carbocycles. The number of rotatable bonds is 7. The van der Waals surface area contributed by atoms with Gasteiger partial charge < -0.3 is 14.8 Å². The van der Waals surface area contributed by atoms with Crippen LogP contribution in [0.3, 0.4) is 0 Å². The predicted molar refractivity (Wildman–Crippen MR) is 76.0 cm³/mol. The van der Waals surface area contributed by atoms with Crippen molar-refractivity contribution < 1.29 is 13.6 Å². The van der Waals surface area contributed by atoms with Crippen LogP contribution in [0.4, 0.5) is 0 Å². The minimum Gasteiger partial charge on any atom is -0.314 e. The van der Waals surface area contributed by atoms with Crippen molar-refractivity contribution in [2.24, 2.45) is 5.73 Å². The number of benzene rings is 1. The van der Waals surface area contributed by atoms with Crippen LogP contribution in [0.15, 0.2) is 29.2 Å². The number of hydrogen-bond donors (Lipinski definition) is 1. The third-order valence-corrected chi connectivity index (χ3v) is 5.38. The molecule has 0 bridgehead atoms. The molecule has 18 heavy (non-hydrogen) atoms. The van der Waals surface area contributed by atoms with E-state index in [0.717, 1.165) is 10.5 Å². The summed E-state index contributed by atoms with van der Waals surface area (Å²) in [6.45, 7) is 4.17. The van der Waals surface area contributed by atoms with Gasteiger partial charge in [0.2, 0.25) is 0 Å². The van der Waals surface area contributed by atoms with Crippen LogP contribution in [-0.2, 0) is 13.6 Å². The summed E-state index contributed by atoms with van der Waals surface area (Å²) in [4.78, 5) is 1.13. The van der Waals surface area contributed by atoms with E-state index in [4.69, 9.17) is 14.8 Å². The maximum Gasteiger partial charge on any atom is 0.351 e. The molecule has 1 rings (SSSR count). The van der Waals surface area contributed by atoms with Gasteiger partial charge in [0.25, 0.3) is 0 Å². The quantitative estimate of drug-likeness (QED) is 0.613. The minimum atomic E-state index is -3.28. The first-order chi connectivity index (χ1) is 8.57. The topological polar surface area (TPSA) is 61.5 Å². The van der Waals surface area contributed by atoms with Crippen molar-refractivity contribution >= 4 is 19.4 Å². The third-order valence-electron chi connectivity index (χ3n) is 2.42. The summed E-state index contributed by atoms with van der Waals surface area (Å²) >= 11 is 1.64. The minimum absolute atomic E-state index is 0.313. The van der Waals surface area contributed by atoms with Gasteiger partial charge in [-0.25, -0.2) is 0 Å². The Morgan fingerprint density at radius 2 is 1.72 bits per heavy atom. The van der Waals surface area contributed by atoms with E-state index in [0.29, 0.717) is 13.2 Å². The molecule has 2 N–H and O–H groups in total. The van der Waals surface area contributed by atoms with Gasteiger partial charge in [-0.05, 0) is 37.8 Å². The second-order valence-electron chi connectivity index (χ2n) is 3.59. The number of thioether (sulfide) groups is 1. The van der Waals surface area contributed by atoms with Crippen LogP contribution in [0.25, 0.3) is 0 Å². The van der Waals surface area contributed by atoms with E-state index in [9.17, 15) is 4.57 Å². The van der Waals surface area contributed by atoms with Crippen molar-refractivity contribution in [2.75, 3.05) is 19.5 Å². The first-order valence-corrected chi connectivity index (χ1v) is 8.69. The lowest BCUT2D eigenvalue weighted by Crippen LogP contribution is -2.14. The zero-order valence-electron chi connectivity index (χ0n) is 11.0. The fourth-order valence-corrected chi connectivity index (χ4v) is 3.60. The summed E-state index contributed by atoms with van der Waals surface area (Å²) in [5, 5.41) is 0. The Bertz CT molecular complexity index is 400. The molecule has 0 aliphatic rings. The van der Waals surface area contributed by atoms with Crippen LogP contribution < -0.4 is 5.73 Å². The Morgan fingerprint density at radius 3 is 2.11 bits per heavy atom. The highest BCUT2D eigenvalue weighted by molar-refractivity contribution is 7.98. The molecule has 0 aromatic heterocycles. The Labute approximate surface area is 113 Å². The van der Waals surface area contributed by atoms with Crippen LogP contribution in [0, 0.1) is 0 Å². The van der Waals surface area contributed by atoms with Crippen LogP contribution in [0.1, 0.15) is 25.2 Å². The van der Waals surface area contributed by atoms with Crippen LogP contribution in [0.5, 0.6) is 0 Å². The molecule has 6 heteroatoms. The number of nitrogens with two attached hydrogens (primary N) is 1. The maximum atomic E-state index is 12.5. The molecule has 0 heterocycles. The highest BCUT2D eigenvalue weighted by Gasteiger charge is 2.33. The molecule has 102 valence electrons. The SMILES string of the molecule is CCOP(=O)(OCC)[C@@H](N)c1ccc(SC)cc1. The zero-order chi connectivity index (χ0) is 13.6. The summed E-state index contributed by atoms with van der Waals surface area (Å²) in [5.74, 6) is -0.742. The van der Waals surface area contributed by atoms with Gasteiger partial charge in [-0.15, -0.1) is 11.8 Å². The molecule has 4 nitrogen and oxygen atoms in total. The van der Waals surface area contributed by atoms with Gasteiger partial charge in [-0.1, -0.05) is 12.1 Å². The Kier molecular flexibility index (Phi) is 6.39. The van der Waals surface area contributed by atoms with Gasteiger partial charge in [0.05, 0.1) is 13.2 Å². The molecule has 0 spiro atoms. The van der Waals surface area contributed by atoms with Gasteiger partial charge in [-0.3, -0.25) is 4.57 Å². The van der Waals surface area contributed by atoms with E-state index in [1.807, 2.05) is 30.5 Å². The van der Waals surface area contributed by atoms with Gasteiger partial charge in [0.1, 0.15) is 5.78 Å². The summed E-state index contributed by atoms with van der Waals surface area (Å²) in [6, 6.07) is 7.62. The van der Waals surface area contributed by atoms with Crippen LogP contribution in [0.2, 0.25) is 0 Å². The van der Waals surface area contributed by atoms with Crippen molar-refractivity contribution in [3.8, 4) is 0 Å². The Hall–Kier alpha value is -0.320. The standard InChI is InChI=1S/C12H20NO3PS/c1-4-15-17(14,16-5-2)12(13)10-6-8-11(18-3)9-7-10/h6-9,12H,4-5,13H2,1-3H3/t12-/m1/s1. The second-order valence-corrected chi connectivity index (χ2v) is 6.63. The summed E-state index contributed by atoms with van der Waals surface area (Å²) in [6.07, 6.45) is 2.00. The smallest absolute Gasteiger partial charge is 0.314 e. The Balaban J connectivity index is 2.94. The van der Waals surface area contributed by atoms with E-state index in [1.54, 1.807) is 25.6 Å². The van der Waals surface area contributed by atoms with Crippen molar-refractivity contribution in [2.45, 2.75) is 24.5 Å². The van der Waals surface area contributed by atoms with Crippen molar-refractivity contribution in [1.29, 1.82) is 0 Å². The average molecular weight is 289 g/mol. The van der Waals surface area contributed by atoms with Crippen LogP contribution >= 0.6 is 19.4 Å². The highest BCUT2D eigenvalue weighted by Crippen LogP contribution is 2.58. The molecule has 0 unspecified atom stereocenters. The normalized spacial score (nSPS) is 13.6. The molecule has 1 aromatic rings. The van der Waals surface area contributed by atoms with E-state index in [-0.39, 0.29) is 0 Å². The lowest BCUT2D eigenvalue weighted by atomic mass is 10.2. The third kappa shape index (κ3) is 3.84. The van der Waals surface area contributed by atoms with Crippen molar-refractivity contribution in [3.05, 3.63) is 29.8 Å². The lowest BCUT2D eigenvalue weighted by molar-refractivity contribution is 0.212. The Morgan fingerprint density at radius 1 is 1.22 bits per heavy atom. The van der Waals surface area contributed by atoms with E-state index in [1.165, 1.54) is 0 Å². The molecule has 0 radical (unpaired) electrons. The van der Waals surface area contributed by atoms with Gasteiger partial charge in [-0.2, -0.15) is 0 Å². The van der Waals surface area contributed by atoms with E-state index >= 15 is 0 Å². The fraction of sp³-hybridized carbons (Fsp3) is 0.500. The lowest BCUT2D eigenvalue weighted by Gasteiger charge is -2.23. The molecule has 0 aliphatic heterocycles. The molecular weight excluding hydrogens is 269 g/mol. The van der Waals surface area contributed by atoms with Crippen molar-refractivity contribution in [1.82, 2.24) is 0 Å². The largest absolute Gasteiger partial charge is 0.351 e. The average Bonchev–Trinajstić information content (AvgIpc) is 2.38. The predicted octanol–water partition coefficient (Wildman–Crippen LogP) is 3.63. The van der Waals surface area contributed by atoms with Crippen molar-refractivity contribution in [3.63, 3.8) is 0 Å². The molecule has 0 fully saturated rings. The van der Waals surface area contributed by atoms with Gasteiger partial charge >= 0.3 is 7.60 Å². The van der Waals surface area contributed by atoms with E-state index < -0.39 is 13.4 Å². The summed E-state index contributed by atoms with van der Waals surface area (Å²) in [5.41, 5.74) is 6.78. The molecule has 0 saturated carbocycles. The molecular formula is C12H20NO3PS. The first-order valence-electron chi connectivity index (χ1n) is 5.85. The molecule has 0 aliphatic carbocycles. The second kappa shape index (κ2) is 7.31. The zero-order valence-corrected chi connectivity index (χ0v) is 12.7.